The molecule has 3 fully saturated rings. The molecule has 1 saturated heterocycles. The molecule has 0 amide bonds. The van der Waals surface area contributed by atoms with Gasteiger partial charge in [-0.25, -0.2) is 4.79 Å². The van der Waals surface area contributed by atoms with E-state index >= 15 is 0 Å². The van der Waals surface area contributed by atoms with Crippen molar-refractivity contribution in [1.29, 1.82) is 0 Å². The van der Waals surface area contributed by atoms with E-state index in [0.717, 1.165) is 6.92 Å². The third kappa shape index (κ3) is 5.60. The monoisotopic (exact) mass is 670 g/mol. The van der Waals surface area contributed by atoms with Crippen LogP contribution in [0.5, 0.6) is 0 Å². The first-order chi connectivity index (χ1) is 22.4. The van der Waals surface area contributed by atoms with Gasteiger partial charge in [0.25, 0.3) is 0 Å². The molecule has 5 rings (SSSR count). The fraction of sp³-hybridized carbons (Fsp3) is 0.600. The molecule has 2 saturated carbocycles. The summed E-state index contributed by atoms with van der Waals surface area (Å²) in [5.41, 5.74) is -6.09. The molecule has 2 N–H and O–H groups in total. The topological polar surface area (TPSA) is 189 Å². The molecule has 1 aromatic carbocycles. The van der Waals surface area contributed by atoms with Gasteiger partial charge in [0.15, 0.2) is 17.5 Å². The summed E-state index contributed by atoms with van der Waals surface area (Å²) in [4.78, 5) is 78.2. The number of aliphatic carboxylic acids is 1. The van der Waals surface area contributed by atoms with Crippen molar-refractivity contribution >= 4 is 35.6 Å². The quantitative estimate of drug-likeness (QED) is 0.304. The van der Waals surface area contributed by atoms with E-state index in [1.165, 1.54) is 26.0 Å². The van der Waals surface area contributed by atoms with Gasteiger partial charge in [-0.15, -0.1) is 0 Å². The minimum Gasteiger partial charge on any atom is -0.481 e. The van der Waals surface area contributed by atoms with Crippen molar-refractivity contribution in [2.75, 3.05) is 6.61 Å². The predicted molar refractivity (Wildman–Crippen MR) is 164 cm³/mol. The second-order valence-electron chi connectivity index (χ2n) is 14.1. The lowest BCUT2D eigenvalue weighted by Gasteiger charge is -2.67. The van der Waals surface area contributed by atoms with Crippen LogP contribution in [0, 0.1) is 16.7 Å². The smallest absolute Gasteiger partial charge is 0.338 e. The first kappa shape index (κ1) is 35.2. The molecular formula is C35H42O13. The summed E-state index contributed by atoms with van der Waals surface area (Å²) in [6, 6.07) is 8.05. The number of fused-ring (bicyclic) bond motifs is 5. The maximum absolute atomic E-state index is 13.9. The third-order valence-corrected chi connectivity index (χ3v) is 10.9. The molecule has 260 valence electrons. The molecule has 3 aliphatic carbocycles. The van der Waals surface area contributed by atoms with Crippen molar-refractivity contribution in [2.45, 2.75) is 109 Å². The number of benzene rings is 1. The first-order valence-corrected chi connectivity index (χ1v) is 16.0. The molecule has 0 aromatic heterocycles. The summed E-state index contributed by atoms with van der Waals surface area (Å²) in [6.07, 6.45) is -6.24. The molecule has 1 aromatic rings. The minimum absolute atomic E-state index is 0.157. The summed E-state index contributed by atoms with van der Waals surface area (Å²) < 4.78 is 30.4. The SMILES string of the molecule is CC(=O)O[C@@H]1C2=C(C)C(=O)C[C@@](O)([C@@H](OC(=O)c3ccccc3)[C@H]3[C@@](C)(CC[C@H]4OC[C@]43OC(C)=O)[C@H]1OC(=O)CCC(=O)O)C2(C)C. The van der Waals surface area contributed by atoms with Gasteiger partial charge in [0.1, 0.15) is 23.9 Å². The van der Waals surface area contributed by atoms with E-state index in [2.05, 4.69) is 0 Å². The van der Waals surface area contributed by atoms with Crippen LogP contribution < -0.4 is 0 Å². The summed E-state index contributed by atoms with van der Waals surface area (Å²) in [5.74, 6) is -6.14. The van der Waals surface area contributed by atoms with Crippen LogP contribution in [-0.2, 0) is 47.7 Å². The highest BCUT2D eigenvalue weighted by Crippen LogP contribution is 2.65. The number of carbonyl (C=O) groups excluding carboxylic acids is 5. The zero-order chi connectivity index (χ0) is 35.4. The van der Waals surface area contributed by atoms with Gasteiger partial charge in [-0.05, 0) is 43.0 Å². The number of hydrogen-bond donors (Lipinski definition) is 2. The Balaban J connectivity index is 1.83. The summed E-state index contributed by atoms with van der Waals surface area (Å²) in [6.45, 7) is 8.69. The maximum Gasteiger partial charge on any atom is 0.338 e. The molecule has 13 heteroatoms. The molecule has 0 spiro atoms. The number of rotatable bonds is 8. The second-order valence-corrected chi connectivity index (χ2v) is 14.1. The van der Waals surface area contributed by atoms with Gasteiger partial charge < -0.3 is 33.9 Å². The van der Waals surface area contributed by atoms with Crippen molar-refractivity contribution in [3.05, 3.63) is 47.0 Å². The molecule has 0 radical (unpaired) electrons. The second kappa shape index (κ2) is 12.4. The highest BCUT2D eigenvalue weighted by molar-refractivity contribution is 5.98. The average molecular weight is 671 g/mol. The molecule has 8 atom stereocenters. The molecule has 4 aliphatic rings. The zero-order valence-corrected chi connectivity index (χ0v) is 27.9. The number of carbonyl (C=O) groups is 6. The van der Waals surface area contributed by atoms with Gasteiger partial charge >= 0.3 is 29.8 Å². The predicted octanol–water partition coefficient (Wildman–Crippen LogP) is 3.10. The van der Waals surface area contributed by atoms with E-state index < -0.39 is 107 Å². The van der Waals surface area contributed by atoms with Crippen LogP contribution in [0.25, 0.3) is 0 Å². The number of aliphatic hydroxyl groups is 1. The number of ketones is 1. The molecule has 1 aliphatic heterocycles. The number of carboxylic acid groups (broad SMARTS) is 1. The number of hydrogen-bond acceptors (Lipinski definition) is 12. The molecule has 48 heavy (non-hydrogen) atoms. The van der Waals surface area contributed by atoms with Gasteiger partial charge in [-0.2, -0.15) is 0 Å². The van der Waals surface area contributed by atoms with E-state index in [1.54, 1.807) is 39.0 Å². The van der Waals surface area contributed by atoms with Crippen LogP contribution in [0.2, 0.25) is 0 Å². The lowest BCUT2D eigenvalue weighted by atomic mass is 9.45. The van der Waals surface area contributed by atoms with E-state index in [-0.39, 0.29) is 36.2 Å². The van der Waals surface area contributed by atoms with Gasteiger partial charge in [0.05, 0.1) is 30.9 Å². The van der Waals surface area contributed by atoms with Crippen LogP contribution in [-0.4, -0.2) is 88.1 Å². The zero-order valence-electron chi connectivity index (χ0n) is 27.9. The Morgan fingerprint density at radius 1 is 0.938 bits per heavy atom. The number of allylic oxidation sites excluding steroid dienone is 1. The Morgan fingerprint density at radius 2 is 1.60 bits per heavy atom. The normalized spacial score (nSPS) is 35.0. The Bertz CT molecular complexity index is 1560. The van der Waals surface area contributed by atoms with E-state index in [9.17, 15) is 39.0 Å². The lowest BCUT2D eigenvalue weighted by Crippen LogP contribution is -2.80. The fourth-order valence-electron chi connectivity index (χ4n) is 8.56. The Kier molecular flexibility index (Phi) is 9.10. The number of esters is 4. The summed E-state index contributed by atoms with van der Waals surface area (Å²) in [7, 11) is 0. The molecular weight excluding hydrogens is 628 g/mol. The highest BCUT2D eigenvalue weighted by atomic mass is 16.6. The van der Waals surface area contributed by atoms with Gasteiger partial charge in [-0.3, -0.25) is 24.0 Å². The summed E-state index contributed by atoms with van der Waals surface area (Å²) in [5, 5.41) is 22.3. The van der Waals surface area contributed by atoms with Gasteiger partial charge in [-0.1, -0.05) is 39.0 Å². The average Bonchev–Trinajstić information content (AvgIpc) is 2.98. The van der Waals surface area contributed by atoms with Crippen molar-refractivity contribution in [2.24, 2.45) is 16.7 Å². The van der Waals surface area contributed by atoms with Crippen LogP contribution >= 0.6 is 0 Å². The van der Waals surface area contributed by atoms with Crippen molar-refractivity contribution in [1.82, 2.24) is 0 Å². The van der Waals surface area contributed by atoms with E-state index in [1.807, 2.05) is 0 Å². The number of carboxylic acids is 1. The Morgan fingerprint density at radius 3 is 2.17 bits per heavy atom. The largest absolute Gasteiger partial charge is 0.481 e. The molecule has 13 nitrogen and oxygen atoms in total. The van der Waals surface area contributed by atoms with Crippen molar-refractivity contribution in [3.63, 3.8) is 0 Å². The van der Waals surface area contributed by atoms with E-state index in [0.29, 0.717) is 0 Å². The van der Waals surface area contributed by atoms with Crippen LogP contribution in [0.3, 0.4) is 0 Å². The van der Waals surface area contributed by atoms with Gasteiger partial charge in [0, 0.05) is 31.1 Å². The molecule has 1 heterocycles. The molecule has 0 unspecified atom stereocenters. The van der Waals surface area contributed by atoms with Crippen LogP contribution in [0.1, 0.15) is 84.0 Å². The van der Waals surface area contributed by atoms with Gasteiger partial charge in [0.2, 0.25) is 0 Å². The van der Waals surface area contributed by atoms with Crippen molar-refractivity contribution < 1.29 is 62.7 Å². The van der Waals surface area contributed by atoms with Crippen LogP contribution in [0.15, 0.2) is 41.5 Å². The number of Topliss-reactive ketones (excluding diaryl/α,β-unsaturated/α-hetero) is 1. The summed E-state index contributed by atoms with van der Waals surface area (Å²) >= 11 is 0. The first-order valence-electron chi connectivity index (χ1n) is 16.0. The standard InChI is InChI=1S/C35H42O13/c1-18-22(38)16-35(43)30(47-31(42)21-10-8-7-9-11-21)28-33(6,15-14-23-34(28,17-44-23)48-20(3)37)29(46-25(41)13-12-24(39)40)27(45-19(2)36)26(18)32(35,4)5/h7-11,23,27-30,43H,12-17H2,1-6H3,(H,39,40)/t23-,27-,28+,29+,30+,33-,34+,35-/m1/s1. The third-order valence-electron chi connectivity index (χ3n) is 10.9. The Labute approximate surface area is 277 Å². The van der Waals surface area contributed by atoms with Crippen molar-refractivity contribution in [3.8, 4) is 0 Å². The van der Waals surface area contributed by atoms with Crippen LogP contribution in [0.4, 0.5) is 0 Å². The maximum atomic E-state index is 13.9. The molecule has 2 bridgehead atoms. The lowest BCUT2D eigenvalue weighted by molar-refractivity contribution is -0.347. The highest BCUT2D eigenvalue weighted by Gasteiger charge is 2.76. The van der Waals surface area contributed by atoms with E-state index in [4.69, 9.17) is 23.7 Å². The Hall–Kier alpha value is -4.10. The number of ether oxygens (including phenoxy) is 5. The fourth-order valence-corrected chi connectivity index (χ4v) is 8.56. The minimum atomic E-state index is -2.17.